The maximum atomic E-state index is 13.1. The number of fused-ring (bicyclic) bond motifs is 1. The van der Waals surface area contributed by atoms with Crippen molar-refractivity contribution in [2.24, 2.45) is 0 Å². The van der Waals surface area contributed by atoms with Crippen LogP contribution in [-0.2, 0) is 22.7 Å². The fraction of sp³-hybridized carbons (Fsp3) is 0.550. The van der Waals surface area contributed by atoms with Gasteiger partial charge in [-0.2, -0.15) is 0 Å². The fourth-order valence-electron chi connectivity index (χ4n) is 4.28. The lowest BCUT2D eigenvalue weighted by Crippen LogP contribution is -2.52. The van der Waals surface area contributed by atoms with Crippen molar-refractivity contribution in [3.05, 3.63) is 34.9 Å². The zero-order chi connectivity index (χ0) is 19.0. The van der Waals surface area contributed by atoms with E-state index in [-0.39, 0.29) is 24.1 Å². The van der Waals surface area contributed by atoms with Crippen molar-refractivity contribution >= 4 is 17.7 Å². The van der Waals surface area contributed by atoms with Gasteiger partial charge in [-0.05, 0) is 30.9 Å². The molecule has 0 radical (unpaired) electrons. The first-order valence-corrected chi connectivity index (χ1v) is 9.74. The Morgan fingerprint density at radius 3 is 2.81 bits per heavy atom. The van der Waals surface area contributed by atoms with Crippen molar-refractivity contribution in [1.29, 1.82) is 0 Å². The van der Waals surface area contributed by atoms with Crippen LogP contribution in [0.4, 0.5) is 0 Å². The first-order valence-electron chi connectivity index (χ1n) is 9.74. The van der Waals surface area contributed by atoms with Crippen LogP contribution in [0.3, 0.4) is 0 Å². The van der Waals surface area contributed by atoms with Gasteiger partial charge in [0.1, 0.15) is 6.04 Å². The Morgan fingerprint density at radius 1 is 1.15 bits per heavy atom. The molecule has 7 nitrogen and oxygen atoms in total. The average Bonchev–Trinajstić information content (AvgIpc) is 2.83. The Bertz CT molecular complexity index is 778. The highest BCUT2D eigenvalue weighted by Crippen LogP contribution is 2.30. The third kappa shape index (κ3) is 3.61. The number of benzene rings is 1. The van der Waals surface area contributed by atoms with E-state index in [2.05, 4.69) is 22.5 Å². The van der Waals surface area contributed by atoms with Crippen molar-refractivity contribution in [2.75, 3.05) is 19.6 Å². The lowest BCUT2D eigenvalue weighted by Gasteiger charge is -2.29. The molecule has 144 valence electrons. The molecule has 1 aromatic carbocycles. The van der Waals surface area contributed by atoms with Gasteiger partial charge in [-0.3, -0.25) is 24.6 Å². The average molecular weight is 370 g/mol. The molecule has 2 saturated heterocycles. The molecule has 2 fully saturated rings. The largest absolute Gasteiger partial charge is 0.322 e. The predicted octanol–water partition coefficient (Wildman–Crippen LogP) is 0.631. The molecular weight excluding hydrogens is 344 g/mol. The number of nitrogens with one attached hydrogen (secondary N) is 2. The minimum Gasteiger partial charge on any atom is -0.322 e. The second-order valence-corrected chi connectivity index (χ2v) is 7.77. The number of nitrogens with zero attached hydrogens (tertiary/aromatic N) is 2. The van der Waals surface area contributed by atoms with E-state index in [1.807, 2.05) is 18.2 Å². The van der Waals surface area contributed by atoms with Gasteiger partial charge < -0.3 is 10.2 Å². The molecule has 7 heteroatoms. The van der Waals surface area contributed by atoms with E-state index >= 15 is 0 Å². The smallest absolute Gasteiger partial charge is 0.255 e. The van der Waals surface area contributed by atoms with Crippen molar-refractivity contribution in [1.82, 2.24) is 20.4 Å². The van der Waals surface area contributed by atoms with E-state index in [1.165, 1.54) is 0 Å². The van der Waals surface area contributed by atoms with Crippen LogP contribution < -0.4 is 10.6 Å². The van der Waals surface area contributed by atoms with Gasteiger partial charge in [0.25, 0.3) is 5.91 Å². The quantitative estimate of drug-likeness (QED) is 0.763. The van der Waals surface area contributed by atoms with Crippen molar-refractivity contribution in [3.8, 4) is 0 Å². The van der Waals surface area contributed by atoms with Crippen LogP contribution >= 0.6 is 0 Å². The molecule has 0 aromatic heterocycles. The molecule has 2 atom stereocenters. The van der Waals surface area contributed by atoms with Gasteiger partial charge in [0.05, 0.1) is 0 Å². The zero-order valence-electron chi connectivity index (χ0n) is 15.7. The fourth-order valence-corrected chi connectivity index (χ4v) is 4.28. The van der Waals surface area contributed by atoms with E-state index in [0.717, 1.165) is 49.3 Å². The van der Waals surface area contributed by atoms with Crippen LogP contribution in [0.25, 0.3) is 0 Å². The van der Waals surface area contributed by atoms with E-state index in [4.69, 9.17) is 0 Å². The zero-order valence-corrected chi connectivity index (χ0v) is 15.7. The predicted molar refractivity (Wildman–Crippen MR) is 99.8 cm³/mol. The van der Waals surface area contributed by atoms with Crippen molar-refractivity contribution in [3.63, 3.8) is 0 Å². The van der Waals surface area contributed by atoms with Crippen LogP contribution in [0.5, 0.6) is 0 Å². The number of piperidine rings is 1. The third-order valence-corrected chi connectivity index (χ3v) is 5.83. The molecule has 3 aliphatic rings. The van der Waals surface area contributed by atoms with Gasteiger partial charge in [0.2, 0.25) is 11.8 Å². The Morgan fingerprint density at radius 2 is 2.00 bits per heavy atom. The van der Waals surface area contributed by atoms with Gasteiger partial charge in [0.15, 0.2) is 0 Å². The topological polar surface area (TPSA) is 81.8 Å². The summed E-state index contributed by atoms with van der Waals surface area (Å²) in [5, 5.41) is 5.85. The van der Waals surface area contributed by atoms with Gasteiger partial charge in [0, 0.05) is 50.7 Å². The molecule has 2 N–H and O–H groups in total. The van der Waals surface area contributed by atoms with Crippen LogP contribution in [0.1, 0.15) is 47.7 Å². The van der Waals surface area contributed by atoms with E-state index in [1.54, 1.807) is 4.90 Å². The molecule has 27 heavy (non-hydrogen) atoms. The summed E-state index contributed by atoms with van der Waals surface area (Å²) >= 11 is 0. The van der Waals surface area contributed by atoms with Crippen molar-refractivity contribution in [2.45, 2.75) is 51.4 Å². The van der Waals surface area contributed by atoms with E-state index in [0.29, 0.717) is 19.0 Å². The van der Waals surface area contributed by atoms with Gasteiger partial charge >= 0.3 is 0 Å². The molecule has 3 aliphatic heterocycles. The number of imide groups is 1. The maximum absolute atomic E-state index is 13.1. The number of amides is 3. The minimum absolute atomic E-state index is 0.0867. The summed E-state index contributed by atoms with van der Waals surface area (Å²) in [6, 6.07) is 5.94. The number of carbonyl (C=O) groups excluding carboxylic acids is 3. The number of carbonyl (C=O) groups is 3. The lowest BCUT2D eigenvalue weighted by molar-refractivity contribution is -0.136. The normalized spacial score (nSPS) is 26.7. The number of hydrogen-bond donors (Lipinski definition) is 2. The summed E-state index contributed by atoms with van der Waals surface area (Å²) in [6.07, 6.45) is 1.77. The lowest BCUT2D eigenvalue weighted by atomic mass is 10.0. The summed E-state index contributed by atoms with van der Waals surface area (Å²) in [4.78, 5) is 40.8. The van der Waals surface area contributed by atoms with Crippen molar-refractivity contribution < 1.29 is 14.4 Å². The molecule has 1 aromatic rings. The molecule has 4 rings (SSSR count). The molecule has 0 aliphatic carbocycles. The highest BCUT2D eigenvalue weighted by atomic mass is 16.2. The standard InChI is InChI=1S/C20H26N4O3/c1-13-7-9-23(10-8-21-13)11-14-3-2-4-15-12-24(20(27)18(14)15)16-5-6-17(25)22-19(16)26/h2-4,13,16,21H,5-12H2,1H3,(H,22,25,26). The third-order valence-electron chi connectivity index (χ3n) is 5.83. The summed E-state index contributed by atoms with van der Waals surface area (Å²) in [7, 11) is 0. The summed E-state index contributed by atoms with van der Waals surface area (Å²) in [5.41, 5.74) is 2.75. The number of rotatable bonds is 3. The summed E-state index contributed by atoms with van der Waals surface area (Å²) < 4.78 is 0. The van der Waals surface area contributed by atoms with Gasteiger partial charge in [-0.1, -0.05) is 18.2 Å². The van der Waals surface area contributed by atoms with E-state index < -0.39 is 6.04 Å². The number of hydrogen-bond acceptors (Lipinski definition) is 5. The highest BCUT2D eigenvalue weighted by molar-refractivity contribution is 6.05. The van der Waals surface area contributed by atoms with Gasteiger partial charge in [-0.25, -0.2) is 0 Å². The molecule has 0 bridgehead atoms. The second kappa shape index (κ2) is 7.40. The molecule has 0 saturated carbocycles. The Kier molecular flexibility index (Phi) is 4.97. The van der Waals surface area contributed by atoms with E-state index in [9.17, 15) is 14.4 Å². The summed E-state index contributed by atoms with van der Waals surface area (Å²) in [6.45, 7) is 6.29. The first-order chi connectivity index (χ1) is 13.0. The summed E-state index contributed by atoms with van der Waals surface area (Å²) in [5.74, 6) is -0.706. The highest BCUT2D eigenvalue weighted by Gasteiger charge is 2.40. The molecular formula is C20H26N4O3. The van der Waals surface area contributed by atoms with Crippen LogP contribution in [0.15, 0.2) is 18.2 Å². The van der Waals surface area contributed by atoms with Gasteiger partial charge in [-0.15, -0.1) is 0 Å². The Balaban J connectivity index is 1.53. The minimum atomic E-state index is -0.557. The van der Waals surface area contributed by atoms with Crippen LogP contribution in [0.2, 0.25) is 0 Å². The Labute approximate surface area is 159 Å². The maximum Gasteiger partial charge on any atom is 0.255 e. The molecule has 3 amide bonds. The molecule has 2 unspecified atom stereocenters. The Hall–Kier alpha value is -2.25. The first kappa shape index (κ1) is 18.1. The second-order valence-electron chi connectivity index (χ2n) is 7.77. The molecule has 3 heterocycles. The van der Waals surface area contributed by atoms with Crippen LogP contribution in [0, 0.1) is 0 Å². The monoisotopic (exact) mass is 370 g/mol. The van der Waals surface area contributed by atoms with Crippen LogP contribution in [-0.4, -0.2) is 59.2 Å². The SMILES string of the molecule is CC1CCN(Cc2cccc3c2C(=O)N(C2CCC(=O)NC2=O)C3)CCN1. The molecule has 0 spiro atoms.